The Balaban J connectivity index is 1.83. The van der Waals surface area contributed by atoms with E-state index in [0.717, 1.165) is 16.7 Å². The molecular formula is C22H28ClN3O3S. The third kappa shape index (κ3) is 4.86. The van der Waals surface area contributed by atoms with E-state index in [0.29, 0.717) is 26.2 Å². The van der Waals surface area contributed by atoms with Crippen LogP contribution in [-0.2, 0) is 10.0 Å². The molecule has 1 aliphatic rings. The van der Waals surface area contributed by atoms with E-state index in [4.69, 9.17) is 11.6 Å². The highest BCUT2D eigenvalue weighted by Gasteiger charge is 2.28. The second-order valence-corrected chi connectivity index (χ2v) is 10.2. The number of nitrogens with zero attached hydrogens (tertiary/aromatic N) is 2. The van der Waals surface area contributed by atoms with E-state index in [1.807, 2.05) is 40.0 Å². The Labute approximate surface area is 183 Å². The predicted octanol–water partition coefficient (Wildman–Crippen LogP) is 3.38. The number of carbonyl (C=O) groups is 1. The van der Waals surface area contributed by atoms with E-state index >= 15 is 0 Å². The van der Waals surface area contributed by atoms with Crippen LogP contribution < -0.4 is 5.32 Å². The largest absolute Gasteiger partial charge is 0.345 e. The van der Waals surface area contributed by atoms with Crippen molar-refractivity contribution in [2.24, 2.45) is 0 Å². The van der Waals surface area contributed by atoms with Gasteiger partial charge in [0, 0.05) is 26.2 Å². The lowest BCUT2D eigenvalue weighted by atomic mass is 10.00. The van der Waals surface area contributed by atoms with E-state index in [2.05, 4.69) is 16.3 Å². The summed E-state index contributed by atoms with van der Waals surface area (Å²) in [7, 11) is -1.72. The van der Waals surface area contributed by atoms with Crippen LogP contribution in [0.5, 0.6) is 0 Å². The Morgan fingerprint density at radius 2 is 1.73 bits per heavy atom. The quantitative estimate of drug-likeness (QED) is 0.759. The number of rotatable bonds is 5. The third-order valence-corrected chi connectivity index (χ3v) is 7.75. The second kappa shape index (κ2) is 9.06. The minimum atomic E-state index is -3.68. The molecule has 0 aromatic heterocycles. The fraction of sp³-hybridized carbons (Fsp3) is 0.409. The summed E-state index contributed by atoms with van der Waals surface area (Å²) in [4.78, 5) is 15.1. The molecule has 3 rings (SSSR count). The molecule has 1 amide bonds. The van der Waals surface area contributed by atoms with Crippen LogP contribution in [-0.4, -0.2) is 56.8 Å². The topological polar surface area (TPSA) is 69.7 Å². The molecule has 1 unspecified atom stereocenters. The molecule has 8 heteroatoms. The van der Waals surface area contributed by atoms with Gasteiger partial charge in [-0.2, -0.15) is 4.31 Å². The van der Waals surface area contributed by atoms with Gasteiger partial charge in [-0.25, -0.2) is 8.42 Å². The summed E-state index contributed by atoms with van der Waals surface area (Å²) in [6, 6.07) is 10.1. The van der Waals surface area contributed by atoms with Gasteiger partial charge < -0.3 is 10.2 Å². The number of piperazine rings is 1. The van der Waals surface area contributed by atoms with Gasteiger partial charge in [-0.05, 0) is 57.1 Å². The van der Waals surface area contributed by atoms with Gasteiger partial charge in [0.05, 0.1) is 21.5 Å². The smallest absolute Gasteiger partial charge is 0.253 e. The van der Waals surface area contributed by atoms with Gasteiger partial charge in [0.25, 0.3) is 5.91 Å². The number of halogens is 1. The maximum Gasteiger partial charge on any atom is 0.253 e. The summed E-state index contributed by atoms with van der Waals surface area (Å²) in [5, 5.41) is 3.16. The Morgan fingerprint density at radius 3 is 2.37 bits per heavy atom. The molecule has 0 bridgehead atoms. The number of benzene rings is 2. The zero-order valence-corrected chi connectivity index (χ0v) is 19.3. The molecule has 30 heavy (non-hydrogen) atoms. The van der Waals surface area contributed by atoms with Crippen molar-refractivity contribution < 1.29 is 13.2 Å². The minimum absolute atomic E-state index is 0.0840. The number of hydrogen-bond acceptors (Lipinski definition) is 4. The first-order valence-electron chi connectivity index (χ1n) is 9.96. The van der Waals surface area contributed by atoms with Crippen molar-refractivity contribution in [3.05, 3.63) is 63.7 Å². The van der Waals surface area contributed by atoms with Crippen LogP contribution in [0.4, 0.5) is 0 Å². The van der Waals surface area contributed by atoms with Gasteiger partial charge in [0.2, 0.25) is 10.0 Å². The summed E-state index contributed by atoms with van der Waals surface area (Å²) in [6.45, 7) is 8.11. The number of likely N-dealkylation sites (N-methyl/N-ethyl adjacent to an activating group) is 1. The molecule has 1 N–H and O–H groups in total. The maximum absolute atomic E-state index is 13.0. The lowest BCUT2D eigenvalue weighted by Gasteiger charge is -2.31. The third-order valence-electron chi connectivity index (χ3n) is 5.52. The molecular weight excluding hydrogens is 422 g/mol. The highest BCUT2D eigenvalue weighted by Crippen LogP contribution is 2.25. The van der Waals surface area contributed by atoms with Crippen molar-refractivity contribution in [3.8, 4) is 0 Å². The standard InChI is InChI=1S/C22H28ClN3O3S/c1-15-5-7-19(16(2)13-15)17(3)24-22(27)20-14-18(6-8-21(20)23)30(28,29)26-11-9-25(4)10-12-26/h5-8,13-14,17H,9-12H2,1-4H3,(H,24,27). The summed E-state index contributed by atoms with van der Waals surface area (Å²) in [5.74, 6) is -0.400. The van der Waals surface area contributed by atoms with Crippen LogP contribution in [0.3, 0.4) is 0 Å². The first-order chi connectivity index (χ1) is 14.1. The number of hydrogen-bond donors (Lipinski definition) is 1. The lowest BCUT2D eigenvalue weighted by Crippen LogP contribution is -2.47. The molecule has 1 fully saturated rings. The normalized spacial score (nSPS) is 17.0. The Bertz CT molecular complexity index is 1050. The van der Waals surface area contributed by atoms with Gasteiger partial charge >= 0.3 is 0 Å². The van der Waals surface area contributed by atoms with E-state index in [-0.39, 0.29) is 21.5 Å². The first kappa shape index (κ1) is 22.7. The lowest BCUT2D eigenvalue weighted by molar-refractivity contribution is 0.0939. The highest BCUT2D eigenvalue weighted by molar-refractivity contribution is 7.89. The molecule has 0 aliphatic carbocycles. The van der Waals surface area contributed by atoms with Crippen molar-refractivity contribution >= 4 is 27.5 Å². The van der Waals surface area contributed by atoms with Gasteiger partial charge in [0.1, 0.15) is 0 Å². The first-order valence-corrected chi connectivity index (χ1v) is 11.8. The summed E-state index contributed by atoms with van der Waals surface area (Å²) >= 11 is 6.25. The van der Waals surface area contributed by atoms with Crippen molar-refractivity contribution in [2.45, 2.75) is 31.7 Å². The molecule has 0 radical (unpaired) electrons. The monoisotopic (exact) mass is 449 g/mol. The van der Waals surface area contributed by atoms with Crippen LogP contribution in [0.25, 0.3) is 0 Å². The van der Waals surface area contributed by atoms with Crippen molar-refractivity contribution in [1.82, 2.24) is 14.5 Å². The zero-order chi connectivity index (χ0) is 22.1. The van der Waals surface area contributed by atoms with E-state index < -0.39 is 15.9 Å². The fourth-order valence-electron chi connectivity index (χ4n) is 3.68. The van der Waals surface area contributed by atoms with E-state index in [9.17, 15) is 13.2 Å². The Morgan fingerprint density at radius 1 is 1.07 bits per heavy atom. The summed E-state index contributed by atoms with van der Waals surface area (Å²) in [6.07, 6.45) is 0. The second-order valence-electron chi connectivity index (χ2n) is 7.90. The molecule has 1 aliphatic heterocycles. The van der Waals surface area contributed by atoms with Crippen LogP contribution in [0.1, 0.15) is 40.0 Å². The average molecular weight is 450 g/mol. The van der Waals surface area contributed by atoms with Gasteiger partial charge in [0.15, 0.2) is 0 Å². The van der Waals surface area contributed by atoms with Crippen LogP contribution in [0.2, 0.25) is 5.02 Å². The predicted molar refractivity (Wildman–Crippen MR) is 120 cm³/mol. The molecule has 162 valence electrons. The summed E-state index contributed by atoms with van der Waals surface area (Å²) < 4.78 is 27.5. The number of nitrogens with one attached hydrogen (secondary N) is 1. The molecule has 2 aromatic carbocycles. The van der Waals surface area contributed by atoms with Gasteiger partial charge in [-0.3, -0.25) is 4.79 Å². The number of carbonyl (C=O) groups excluding carboxylic acids is 1. The number of amides is 1. The van der Waals surface area contributed by atoms with Gasteiger partial charge in [-0.1, -0.05) is 35.4 Å². The highest BCUT2D eigenvalue weighted by atomic mass is 35.5. The molecule has 2 aromatic rings. The Hall–Kier alpha value is -1.93. The van der Waals surface area contributed by atoms with Gasteiger partial charge in [-0.15, -0.1) is 0 Å². The molecule has 6 nitrogen and oxygen atoms in total. The number of aryl methyl sites for hydroxylation is 2. The average Bonchev–Trinajstić information content (AvgIpc) is 2.68. The zero-order valence-electron chi connectivity index (χ0n) is 17.8. The number of sulfonamides is 1. The summed E-state index contributed by atoms with van der Waals surface area (Å²) in [5.41, 5.74) is 3.40. The van der Waals surface area contributed by atoms with Crippen molar-refractivity contribution in [2.75, 3.05) is 33.2 Å². The fourth-order valence-corrected chi connectivity index (χ4v) is 5.33. The van der Waals surface area contributed by atoms with E-state index in [1.54, 1.807) is 0 Å². The minimum Gasteiger partial charge on any atom is -0.345 e. The van der Waals surface area contributed by atoms with Crippen molar-refractivity contribution in [3.63, 3.8) is 0 Å². The molecule has 0 saturated carbocycles. The molecule has 0 spiro atoms. The van der Waals surface area contributed by atoms with Crippen LogP contribution in [0, 0.1) is 13.8 Å². The maximum atomic E-state index is 13.0. The Kier molecular flexibility index (Phi) is 6.87. The van der Waals surface area contributed by atoms with Crippen molar-refractivity contribution in [1.29, 1.82) is 0 Å². The SMILES string of the molecule is Cc1ccc(C(C)NC(=O)c2cc(S(=O)(=O)N3CCN(C)CC3)ccc2Cl)c(C)c1. The van der Waals surface area contributed by atoms with E-state index in [1.165, 1.54) is 22.5 Å². The molecule has 1 heterocycles. The van der Waals surface area contributed by atoms with Crippen LogP contribution >= 0.6 is 11.6 Å². The molecule has 1 saturated heterocycles. The van der Waals surface area contributed by atoms with Crippen LogP contribution in [0.15, 0.2) is 41.3 Å². The molecule has 1 atom stereocenters.